The van der Waals surface area contributed by atoms with Gasteiger partial charge in [0.05, 0.1) is 26.9 Å². The molecule has 1 unspecified atom stereocenters. The van der Waals surface area contributed by atoms with Gasteiger partial charge in [-0.3, -0.25) is 14.1 Å². The number of rotatable bonds is 4. The fraction of sp³-hybridized carbons (Fsp3) is 0.650. The van der Waals surface area contributed by atoms with Gasteiger partial charge < -0.3 is 20.1 Å². The molecular formula is C20H28FN3O3. The Kier molecular flexibility index (Phi) is 4.99. The van der Waals surface area contributed by atoms with E-state index >= 15 is 0 Å². The van der Waals surface area contributed by atoms with E-state index in [4.69, 9.17) is 15.2 Å². The van der Waals surface area contributed by atoms with E-state index in [1.54, 1.807) is 14.2 Å². The van der Waals surface area contributed by atoms with Crippen molar-refractivity contribution in [1.29, 1.82) is 0 Å². The molecule has 0 spiro atoms. The summed E-state index contributed by atoms with van der Waals surface area (Å²) in [5.74, 6) is 1.35. The number of likely N-dealkylation sites (tertiary alicyclic amines) is 1. The summed E-state index contributed by atoms with van der Waals surface area (Å²) >= 11 is 0. The Morgan fingerprint density at radius 1 is 1.22 bits per heavy atom. The van der Waals surface area contributed by atoms with E-state index in [-0.39, 0.29) is 30.0 Å². The molecule has 3 aliphatic rings. The lowest BCUT2D eigenvalue weighted by Gasteiger charge is -2.48. The Morgan fingerprint density at radius 3 is 2.63 bits per heavy atom. The summed E-state index contributed by atoms with van der Waals surface area (Å²) in [6.07, 6.45) is 2.01. The van der Waals surface area contributed by atoms with Crippen LogP contribution in [0.1, 0.15) is 30.0 Å². The Hall–Kier alpha value is -1.86. The fourth-order valence-corrected chi connectivity index (χ4v) is 4.93. The smallest absolute Gasteiger partial charge is 0.223 e. The summed E-state index contributed by atoms with van der Waals surface area (Å²) in [6.45, 7) is 1.72. The molecule has 148 valence electrons. The van der Waals surface area contributed by atoms with Crippen LogP contribution < -0.4 is 15.2 Å². The molecule has 3 aliphatic heterocycles. The molecule has 0 aromatic heterocycles. The summed E-state index contributed by atoms with van der Waals surface area (Å²) in [7, 11) is 3.30. The van der Waals surface area contributed by atoms with E-state index in [2.05, 4.69) is 17.0 Å². The van der Waals surface area contributed by atoms with Gasteiger partial charge in [-0.1, -0.05) is 0 Å². The first kappa shape index (κ1) is 18.5. The van der Waals surface area contributed by atoms with Crippen molar-refractivity contribution in [3.8, 4) is 11.5 Å². The summed E-state index contributed by atoms with van der Waals surface area (Å²) in [5.41, 5.74) is 9.04. The van der Waals surface area contributed by atoms with Crippen LogP contribution in [0.4, 0.5) is 4.39 Å². The first-order chi connectivity index (χ1) is 13.0. The lowest BCUT2D eigenvalue weighted by atomic mass is 9.83. The molecule has 1 aromatic carbocycles. The van der Waals surface area contributed by atoms with Gasteiger partial charge in [-0.2, -0.15) is 0 Å². The van der Waals surface area contributed by atoms with Gasteiger partial charge in [-0.05, 0) is 36.1 Å². The van der Waals surface area contributed by atoms with Crippen LogP contribution in [-0.2, 0) is 11.2 Å². The largest absolute Gasteiger partial charge is 0.493 e. The van der Waals surface area contributed by atoms with Crippen molar-refractivity contribution in [2.45, 2.75) is 37.4 Å². The van der Waals surface area contributed by atoms with Gasteiger partial charge in [0.2, 0.25) is 5.91 Å². The van der Waals surface area contributed by atoms with Crippen LogP contribution in [0.15, 0.2) is 12.1 Å². The van der Waals surface area contributed by atoms with E-state index in [0.717, 1.165) is 37.4 Å². The normalized spacial score (nSPS) is 30.8. The maximum absolute atomic E-state index is 13.0. The molecule has 2 N–H and O–H groups in total. The summed E-state index contributed by atoms with van der Waals surface area (Å²) in [4.78, 5) is 16.6. The number of ether oxygens (including phenoxy) is 2. The topological polar surface area (TPSA) is 68.0 Å². The number of halogens is 1. The molecule has 0 saturated carbocycles. The molecule has 6 nitrogen and oxygen atoms in total. The van der Waals surface area contributed by atoms with Gasteiger partial charge >= 0.3 is 0 Å². The third kappa shape index (κ3) is 3.17. The van der Waals surface area contributed by atoms with Gasteiger partial charge in [0.25, 0.3) is 0 Å². The lowest BCUT2D eigenvalue weighted by Crippen LogP contribution is -2.60. The highest BCUT2D eigenvalue weighted by Crippen LogP contribution is 2.42. The minimum Gasteiger partial charge on any atom is -0.493 e. The Bertz CT molecular complexity index is 729. The van der Waals surface area contributed by atoms with Crippen LogP contribution in [0.2, 0.25) is 0 Å². The molecule has 4 rings (SSSR count). The lowest BCUT2D eigenvalue weighted by molar-refractivity contribution is -0.131. The van der Waals surface area contributed by atoms with Gasteiger partial charge in [-0.25, -0.2) is 0 Å². The first-order valence-electron chi connectivity index (χ1n) is 9.65. The number of alkyl halides is 1. The monoisotopic (exact) mass is 377 g/mol. The van der Waals surface area contributed by atoms with Gasteiger partial charge in [-0.15, -0.1) is 0 Å². The van der Waals surface area contributed by atoms with Gasteiger partial charge in [0, 0.05) is 44.1 Å². The maximum atomic E-state index is 13.0. The van der Waals surface area contributed by atoms with Crippen molar-refractivity contribution in [2.75, 3.05) is 40.5 Å². The van der Waals surface area contributed by atoms with Crippen molar-refractivity contribution in [1.82, 2.24) is 9.80 Å². The fourth-order valence-electron chi connectivity index (χ4n) is 4.93. The number of hydrogen-bond donors (Lipinski definition) is 1. The van der Waals surface area contributed by atoms with E-state index in [0.29, 0.717) is 13.0 Å². The van der Waals surface area contributed by atoms with Crippen LogP contribution in [-0.4, -0.2) is 68.3 Å². The molecule has 3 heterocycles. The Balaban J connectivity index is 1.57. The van der Waals surface area contributed by atoms with E-state index in [1.165, 1.54) is 11.1 Å². The van der Waals surface area contributed by atoms with Crippen LogP contribution >= 0.6 is 0 Å². The maximum Gasteiger partial charge on any atom is 0.223 e. The second-order valence-corrected chi connectivity index (χ2v) is 7.90. The van der Waals surface area contributed by atoms with Crippen LogP contribution in [0.3, 0.4) is 0 Å². The molecule has 2 saturated heterocycles. The van der Waals surface area contributed by atoms with Crippen molar-refractivity contribution in [3.05, 3.63) is 23.3 Å². The average Bonchev–Trinajstić information content (AvgIpc) is 3.06. The van der Waals surface area contributed by atoms with Crippen molar-refractivity contribution in [2.24, 2.45) is 11.7 Å². The first-order valence-corrected chi connectivity index (χ1v) is 9.65. The highest BCUT2D eigenvalue weighted by Gasteiger charge is 2.44. The number of nitrogens with zero attached hydrogens (tertiary/aromatic N) is 2. The zero-order chi connectivity index (χ0) is 19.1. The molecule has 27 heavy (non-hydrogen) atoms. The summed E-state index contributed by atoms with van der Waals surface area (Å²) in [5, 5.41) is 0. The van der Waals surface area contributed by atoms with Crippen molar-refractivity contribution < 1.29 is 18.7 Å². The van der Waals surface area contributed by atoms with E-state index in [1.807, 2.05) is 4.90 Å². The molecule has 1 amide bonds. The number of amides is 1. The average molecular weight is 377 g/mol. The molecule has 1 aromatic rings. The number of fused-ring (bicyclic) bond motifs is 3. The number of methoxy groups -OCH3 is 2. The quantitative estimate of drug-likeness (QED) is 0.862. The molecule has 2 fully saturated rings. The SMILES string of the molecule is COc1cc2c(cc1OC)[C@@H]1C[C@H](N)C(N3C[C@H](CF)CC3=O)CN1CC2. The highest BCUT2D eigenvalue weighted by atomic mass is 19.1. The molecule has 7 heteroatoms. The molecular weight excluding hydrogens is 349 g/mol. The zero-order valence-corrected chi connectivity index (χ0v) is 16.0. The van der Waals surface area contributed by atoms with Crippen LogP contribution in [0, 0.1) is 5.92 Å². The summed E-state index contributed by atoms with van der Waals surface area (Å²) < 4.78 is 24.0. The third-order valence-corrected chi connectivity index (χ3v) is 6.38. The number of nitrogens with two attached hydrogens (primary N) is 1. The number of benzene rings is 1. The number of piperidine rings is 1. The zero-order valence-electron chi connectivity index (χ0n) is 16.0. The van der Waals surface area contributed by atoms with Gasteiger partial charge in [0.1, 0.15) is 0 Å². The van der Waals surface area contributed by atoms with Crippen LogP contribution in [0.5, 0.6) is 11.5 Å². The van der Waals surface area contributed by atoms with Crippen molar-refractivity contribution in [3.63, 3.8) is 0 Å². The minimum absolute atomic E-state index is 0.0352. The van der Waals surface area contributed by atoms with E-state index in [9.17, 15) is 9.18 Å². The molecule has 0 bridgehead atoms. The van der Waals surface area contributed by atoms with Crippen molar-refractivity contribution >= 4 is 5.91 Å². The second kappa shape index (κ2) is 7.28. The van der Waals surface area contributed by atoms with E-state index < -0.39 is 6.67 Å². The predicted molar refractivity (Wildman–Crippen MR) is 99.7 cm³/mol. The molecule has 0 aliphatic carbocycles. The molecule has 4 atom stereocenters. The number of carbonyl (C=O) groups excluding carboxylic acids is 1. The number of carbonyl (C=O) groups is 1. The standard InChI is InChI=1S/C20H28FN3O3/c1-26-18-6-13-3-4-23-11-17(24-10-12(9-21)5-20(24)25)15(22)8-16(23)14(13)7-19(18)27-2/h6-7,12,15-17H,3-5,8-11,22H2,1-2H3/t12-,15-,16-,17?/m0/s1. The second-order valence-electron chi connectivity index (χ2n) is 7.90. The van der Waals surface area contributed by atoms with Crippen LogP contribution in [0.25, 0.3) is 0 Å². The Labute approximate surface area is 159 Å². The molecule has 0 radical (unpaired) electrons. The summed E-state index contributed by atoms with van der Waals surface area (Å²) in [6, 6.07) is 4.20. The third-order valence-electron chi connectivity index (χ3n) is 6.38. The Morgan fingerprint density at radius 2 is 1.96 bits per heavy atom. The number of hydrogen-bond acceptors (Lipinski definition) is 5. The predicted octanol–water partition coefficient (Wildman–Crippen LogP) is 1.52. The highest BCUT2D eigenvalue weighted by molar-refractivity contribution is 5.79. The minimum atomic E-state index is -0.439. The van der Waals surface area contributed by atoms with Gasteiger partial charge in [0.15, 0.2) is 11.5 Å².